The van der Waals surface area contributed by atoms with E-state index in [1.807, 2.05) is 0 Å². The number of hydrogen-bond acceptors (Lipinski definition) is 2. The van der Waals surface area contributed by atoms with Gasteiger partial charge in [-0.05, 0) is 0 Å². The molecule has 0 saturated carbocycles. The number of phosphoric acid groups is 1. The Morgan fingerprint density at radius 1 is 1.38 bits per heavy atom. The molecule has 0 saturated heterocycles. The summed E-state index contributed by atoms with van der Waals surface area (Å²) >= 11 is 0. The maximum atomic E-state index is 9.51. The Hall–Kier alpha value is 1.57. The molecular formula is H5O4PSiZn2. The van der Waals surface area contributed by atoms with Crippen LogP contribution >= 0.6 is 7.82 Å². The van der Waals surface area contributed by atoms with E-state index in [1.165, 1.54) is 0 Å². The van der Waals surface area contributed by atoms with Crippen LogP contribution in [0.15, 0.2) is 0 Å². The summed E-state index contributed by atoms with van der Waals surface area (Å²) in [6, 6.07) is 0. The van der Waals surface area contributed by atoms with Gasteiger partial charge in [0, 0.05) is 39.0 Å². The standard InChI is InChI=1S/H5O4PSi.2Zn/c1-5(2,3)4-6;;/h6H3,(H2,1,2,3);;. The van der Waals surface area contributed by atoms with E-state index in [0.29, 0.717) is 0 Å². The zero-order chi connectivity index (χ0) is 5.21. The maximum Gasteiger partial charge on any atom is 0.458 e. The molecule has 8 heavy (non-hydrogen) atoms. The summed E-state index contributed by atoms with van der Waals surface area (Å²) in [6.07, 6.45) is 0. The van der Waals surface area contributed by atoms with Crippen molar-refractivity contribution in [2.24, 2.45) is 0 Å². The first-order valence-corrected chi connectivity index (χ1v) is 3.52. The second-order valence-electron chi connectivity index (χ2n) is 0.673. The van der Waals surface area contributed by atoms with Crippen LogP contribution in [0.4, 0.5) is 0 Å². The quantitative estimate of drug-likeness (QED) is 0.438. The first-order valence-electron chi connectivity index (χ1n) is 1.17. The minimum absolute atomic E-state index is 0. The zero-order valence-corrected chi connectivity index (χ0v) is 13.4. The second kappa shape index (κ2) is 6.69. The van der Waals surface area contributed by atoms with E-state index in [1.54, 1.807) is 0 Å². The molecule has 2 N–H and O–H groups in total. The Morgan fingerprint density at radius 2 is 1.50 bits per heavy atom. The van der Waals surface area contributed by atoms with E-state index in [9.17, 15) is 4.57 Å². The van der Waals surface area contributed by atoms with Crippen molar-refractivity contribution in [2.75, 3.05) is 0 Å². The Bertz CT molecular complexity index is 78.1. The van der Waals surface area contributed by atoms with Crippen LogP contribution < -0.4 is 0 Å². The molecule has 0 aromatic carbocycles. The van der Waals surface area contributed by atoms with E-state index in [0.717, 1.165) is 0 Å². The van der Waals surface area contributed by atoms with Crippen molar-refractivity contribution < 1.29 is 57.5 Å². The molecule has 0 heterocycles. The fourth-order valence-electron chi connectivity index (χ4n) is 0. The van der Waals surface area contributed by atoms with Crippen LogP contribution in [-0.2, 0) is 47.7 Å². The summed E-state index contributed by atoms with van der Waals surface area (Å²) in [4.78, 5) is 15.5. The fraction of sp³-hybridized carbons (Fsp3) is 0. The predicted molar refractivity (Wildman–Crippen MR) is 23.1 cm³/mol. The molecule has 4 nitrogen and oxygen atoms in total. The van der Waals surface area contributed by atoms with Crippen molar-refractivity contribution in [1.82, 2.24) is 0 Å². The van der Waals surface area contributed by atoms with Gasteiger partial charge < -0.3 is 14.0 Å². The molecule has 0 rings (SSSR count). The summed E-state index contributed by atoms with van der Waals surface area (Å²) in [6.45, 7) is 0. The molecule has 0 aliphatic rings. The third-order valence-corrected chi connectivity index (χ3v) is 2.14. The van der Waals surface area contributed by atoms with Crippen molar-refractivity contribution in [3.8, 4) is 0 Å². The first kappa shape index (κ1) is 16.3. The molecule has 0 bridgehead atoms. The van der Waals surface area contributed by atoms with Crippen LogP contribution in [0.25, 0.3) is 0 Å². The van der Waals surface area contributed by atoms with Crippen molar-refractivity contribution in [2.45, 2.75) is 0 Å². The minimum Gasteiger partial charge on any atom is -0.342 e. The topological polar surface area (TPSA) is 66.8 Å². The summed E-state index contributed by atoms with van der Waals surface area (Å²) in [7, 11) is -4.00. The van der Waals surface area contributed by atoms with E-state index in [4.69, 9.17) is 9.79 Å². The van der Waals surface area contributed by atoms with Crippen molar-refractivity contribution in [3.05, 3.63) is 0 Å². The van der Waals surface area contributed by atoms with Gasteiger partial charge in [0.25, 0.3) is 0 Å². The monoisotopic (exact) mass is 256 g/mol. The van der Waals surface area contributed by atoms with Crippen LogP contribution in [0, 0.1) is 0 Å². The Morgan fingerprint density at radius 3 is 1.50 bits per heavy atom. The van der Waals surface area contributed by atoms with Crippen LogP contribution in [0.3, 0.4) is 0 Å². The van der Waals surface area contributed by atoms with Gasteiger partial charge in [-0.1, -0.05) is 0 Å². The van der Waals surface area contributed by atoms with Crippen molar-refractivity contribution in [3.63, 3.8) is 0 Å². The predicted octanol–water partition coefficient (Wildman–Crippen LogP) is -1.63. The average molecular weight is 259 g/mol. The second-order valence-corrected chi connectivity index (χ2v) is 3.11. The molecule has 42 valence electrons. The molecule has 0 amide bonds. The summed E-state index contributed by atoms with van der Waals surface area (Å²) in [5, 5.41) is 0. The molecule has 0 aliphatic carbocycles. The molecule has 0 aliphatic heterocycles. The van der Waals surface area contributed by atoms with Crippen molar-refractivity contribution in [1.29, 1.82) is 0 Å². The Balaban J connectivity index is -0.000000125. The molecule has 0 atom stereocenters. The third kappa shape index (κ3) is 15.6. The van der Waals surface area contributed by atoms with Crippen LogP contribution in [0.1, 0.15) is 0 Å². The van der Waals surface area contributed by atoms with Crippen LogP contribution in [0.2, 0.25) is 0 Å². The summed E-state index contributed by atoms with van der Waals surface area (Å²) in [5.74, 6) is 0. The van der Waals surface area contributed by atoms with Gasteiger partial charge in [-0.15, -0.1) is 0 Å². The largest absolute Gasteiger partial charge is 0.458 e. The molecule has 0 spiro atoms. The van der Waals surface area contributed by atoms with E-state index in [2.05, 4.69) is 4.21 Å². The Labute approximate surface area is 75.7 Å². The molecule has 0 aromatic rings. The first-order chi connectivity index (χ1) is 2.56. The Kier molecular flexibility index (Phi) is 13.6. The molecule has 8 heteroatoms. The average Bonchev–Trinajstić information content (AvgIpc) is 1.35. The smallest absolute Gasteiger partial charge is 0.342 e. The van der Waals surface area contributed by atoms with Gasteiger partial charge in [-0.3, -0.25) is 0 Å². The van der Waals surface area contributed by atoms with Gasteiger partial charge in [0.15, 0.2) is 10.5 Å². The fourth-order valence-corrected chi connectivity index (χ4v) is 0. The summed E-state index contributed by atoms with van der Waals surface area (Å²) < 4.78 is 13.2. The van der Waals surface area contributed by atoms with E-state index in [-0.39, 0.29) is 49.4 Å². The molecule has 0 fully saturated rings. The van der Waals surface area contributed by atoms with Gasteiger partial charge >= 0.3 is 7.82 Å². The molecule has 0 radical (unpaired) electrons. The third-order valence-electron chi connectivity index (χ3n) is 0.238. The zero-order valence-electron chi connectivity index (χ0n) is 4.57. The van der Waals surface area contributed by atoms with Gasteiger partial charge in [0.2, 0.25) is 0 Å². The van der Waals surface area contributed by atoms with E-state index >= 15 is 0 Å². The van der Waals surface area contributed by atoms with Crippen molar-refractivity contribution >= 4 is 18.3 Å². The molecule has 0 aromatic heterocycles. The van der Waals surface area contributed by atoms with E-state index < -0.39 is 7.82 Å². The van der Waals surface area contributed by atoms with Gasteiger partial charge in [-0.2, -0.15) is 0 Å². The summed E-state index contributed by atoms with van der Waals surface area (Å²) in [5.41, 5.74) is 0. The van der Waals surface area contributed by atoms with Gasteiger partial charge in [0.1, 0.15) is 0 Å². The van der Waals surface area contributed by atoms with Gasteiger partial charge in [0.05, 0.1) is 0 Å². The number of rotatable bonds is 1. The minimum atomic E-state index is -4.08. The maximum absolute atomic E-state index is 9.51. The van der Waals surface area contributed by atoms with Crippen LogP contribution in [-0.4, -0.2) is 20.3 Å². The molecule has 0 unspecified atom stereocenters. The normalized spacial score (nSPS) is 9.25. The molecular weight excluding hydrogens is 254 g/mol. The van der Waals surface area contributed by atoms with Gasteiger partial charge in [-0.25, -0.2) is 4.57 Å². The SMILES string of the molecule is O=P(O)(O)O[SiH3].[Zn].[Zn]. The van der Waals surface area contributed by atoms with Crippen LogP contribution in [0.5, 0.6) is 0 Å². The number of hydrogen-bond donors (Lipinski definition) is 2.